The first kappa shape index (κ1) is 14.5. The molecule has 1 saturated heterocycles. The number of piperazine rings is 1. The first-order valence-corrected chi connectivity index (χ1v) is 7.35. The lowest BCUT2D eigenvalue weighted by atomic mass is 9.96. The molecule has 2 unspecified atom stereocenters. The van der Waals surface area contributed by atoms with E-state index < -0.39 is 0 Å². The van der Waals surface area contributed by atoms with Crippen molar-refractivity contribution in [1.29, 1.82) is 0 Å². The van der Waals surface area contributed by atoms with Crippen LogP contribution in [-0.2, 0) is 0 Å². The van der Waals surface area contributed by atoms with Gasteiger partial charge in [-0.15, -0.1) is 0 Å². The van der Waals surface area contributed by atoms with Crippen LogP contribution >= 0.6 is 0 Å². The Morgan fingerprint density at radius 3 is 2.53 bits per heavy atom. The highest BCUT2D eigenvalue weighted by Crippen LogP contribution is 2.21. The van der Waals surface area contributed by atoms with Crippen molar-refractivity contribution in [2.45, 2.75) is 39.3 Å². The third-order valence-corrected chi connectivity index (χ3v) is 4.33. The third kappa shape index (κ3) is 3.78. The number of nitrogens with one attached hydrogen (secondary N) is 1. The lowest BCUT2D eigenvalue weighted by Gasteiger charge is -2.34. The zero-order valence-corrected chi connectivity index (χ0v) is 12.4. The smallest absolute Gasteiger partial charge is 0.0309 e. The van der Waals surface area contributed by atoms with Crippen LogP contribution in [0.1, 0.15) is 36.1 Å². The van der Waals surface area contributed by atoms with E-state index in [0.717, 1.165) is 32.6 Å². The van der Waals surface area contributed by atoms with E-state index in [0.29, 0.717) is 6.04 Å². The summed E-state index contributed by atoms with van der Waals surface area (Å²) in [6, 6.07) is 7.30. The Bertz CT molecular complexity index is 410. The lowest BCUT2D eigenvalue weighted by Crippen LogP contribution is -2.48. The maximum absolute atomic E-state index is 6.38. The summed E-state index contributed by atoms with van der Waals surface area (Å²) >= 11 is 0. The van der Waals surface area contributed by atoms with Crippen LogP contribution in [0, 0.1) is 13.8 Å². The summed E-state index contributed by atoms with van der Waals surface area (Å²) in [6.07, 6.45) is 1.03. The Morgan fingerprint density at radius 1 is 1.21 bits per heavy atom. The molecular weight excluding hydrogens is 234 g/mol. The number of nitrogens with zero attached hydrogens (tertiary/aromatic N) is 1. The summed E-state index contributed by atoms with van der Waals surface area (Å²) in [5.74, 6) is 0. The van der Waals surface area contributed by atoms with Crippen LogP contribution < -0.4 is 11.1 Å². The second-order valence-electron chi connectivity index (χ2n) is 5.82. The summed E-state index contributed by atoms with van der Waals surface area (Å²) in [5, 5.41) is 3.40. The maximum atomic E-state index is 6.38. The van der Waals surface area contributed by atoms with Gasteiger partial charge in [0.2, 0.25) is 0 Å². The molecule has 3 heteroatoms. The number of hydrogen-bond acceptors (Lipinski definition) is 3. The molecule has 0 bridgehead atoms. The fourth-order valence-electron chi connectivity index (χ4n) is 2.77. The molecule has 0 radical (unpaired) electrons. The molecule has 3 nitrogen and oxygen atoms in total. The molecule has 1 heterocycles. The molecular formula is C16H27N3. The van der Waals surface area contributed by atoms with Crippen molar-refractivity contribution in [3.63, 3.8) is 0 Å². The van der Waals surface area contributed by atoms with E-state index in [9.17, 15) is 0 Å². The fraction of sp³-hybridized carbons (Fsp3) is 0.625. The largest absolute Gasteiger partial charge is 0.324 e. The summed E-state index contributed by atoms with van der Waals surface area (Å²) < 4.78 is 0. The van der Waals surface area contributed by atoms with Crippen molar-refractivity contribution < 1.29 is 0 Å². The molecule has 106 valence electrons. The summed E-state index contributed by atoms with van der Waals surface area (Å²) in [5.41, 5.74) is 10.3. The van der Waals surface area contributed by atoms with Crippen molar-refractivity contribution in [1.82, 2.24) is 10.2 Å². The molecule has 1 fully saturated rings. The zero-order chi connectivity index (χ0) is 13.8. The van der Waals surface area contributed by atoms with E-state index in [1.165, 1.54) is 16.7 Å². The molecule has 0 saturated carbocycles. The number of benzene rings is 1. The molecule has 0 amide bonds. The van der Waals surface area contributed by atoms with E-state index in [1.54, 1.807) is 0 Å². The van der Waals surface area contributed by atoms with Gasteiger partial charge in [0.1, 0.15) is 0 Å². The van der Waals surface area contributed by atoms with E-state index in [2.05, 4.69) is 49.2 Å². The second kappa shape index (κ2) is 6.51. The van der Waals surface area contributed by atoms with Gasteiger partial charge in [-0.3, -0.25) is 4.90 Å². The molecule has 19 heavy (non-hydrogen) atoms. The molecule has 2 rings (SSSR count). The predicted octanol–water partition coefficient (Wildman–Crippen LogP) is 1.99. The number of nitrogens with two attached hydrogens (primary N) is 1. The molecule has 2 atom stereocenters. The highest BCUT2D eigenvalue weighted by Gasteiger charge is 2.19. The molecule has 0 aliphatic carbocycles. The first-order chi connectivity index (χ1) is 9.08. The highest BCUT2D eigenvalue weighted by atomic mass is 15.2. The minimum atomic E-state index is 0.143. The molecule has 1 aliphatic rings. The van der Waals surface area contributed by atoms with E-state index in [4.69, 9.17) is 5.73 Å². The van der Waals surface area contributed by atoms with Crippen molar-refractivity contribution >= 4 is 0 Å². The average Bonchev–Trinajstić information content (AvgIpc) is 2.42. The van der Waals surface area contributed by atoms with Crippen LogP contribution in [0.5, 0.6) is 0 Å². The Kier molecular flexibility index (Phi) is 4.97. The zero-order valence-electron chi connectivity index (χ0n) is 12.4. The standard InChI is InChI=1S/C16H27N3/c1-12-4-5-15(10-13(12)2)16(17)11-14(3)19-8-6-18-7-9-19/h4-5,10,14,16,18H,6-9,11,17H2,1-3H3. The van der Waals surface area contributed by atoms with Crippen LogP contribution in [-0.4, -0.2) is 37.1 Å². The van der Waals surface area contributed by atoms with Crippen LogP contribution in [0.3, 0.4) is 0 Å². The van der Waals surface area contributed by atoms with Crippen molar-refractivity contribution in [3.8, 4) is 0 Å². The summed E-state index contributed by atoms with van der Waals surface area (Å²) in [4.78, 5) is 2.54. The van der Waals surface area contributed by atoms with Gasteiger partial charge in [0.15, 0.2) is 0 Å². The molecule has 1 aromatic carbocycles. The average molecular weight is 261 g/mol. The van der Waals surface area contributed by atoms with Crippen molar-refractivity contribution in [2.75, 3.05) is 26.2 Å². The highest BCUT2D eigenvalue weighted by molar-refractivity contribution is 5.31. The Morgan fingerprint density at radius 2 is 1.89 bits per heavy atom. The van der Waals surface area contributed by atoms with E-state index in [1.807, 2.05) is 0 Å². The van der Waals surface area contributed by atoms with E-state index >= 15 is 0 Å². The lowest BCUT2D eigenvalue weighted by molar-refractivity contribution is 0.170. The number of aryl methyl sites for hydroxylation is 2. The molecule has 0 spiro atoms. The second-order valence-corrected chi connectivity index (χ2v) is 5.82. The molecule has 1 aliphatic heterocycles. The molecule has 3 N–H and O–H groups in total. The van der Waals surface area contributed by atoms with Gasteiger partial charge in [0.25, 0.3) is 0 Å². The quantitative estimate of drug-likeness (QED) is 0.871. The van der Waals surface area contributed by atoms with Crippen LogP contribution in [0.15, 0.2) is 18.2 Å². The minimum absolute atomic E-state index is 0.143. The molecule has 0 aromatic heterocycles. The summed E-state index contributed by atoms with van der Waals surface area (Å²) in [7, 11) is 0. The van der Waals surface area contributed by atoms with Gasteiger partial charge in [-0.25, -0.2) is 0 Å². The van der Waals surface area contributed by atoms with Gasteiger partial charge >= 0.3 is 0 Å². The Labute approximate surface area is 117 Å². The van der Waals surface area contributed by atoms with Gasteiger partial charge in [-0.05, 0) is 43.9 Å². The fourth-order valence-corrected chi connectivity index (χ4v) is 2.77. The monoisotopic (exact) mass is 261 g/mol. The van der Waals surface area contributed by atoms with Gasteiger partial charge in [-0.2, -0.15) is 0 Å². The maximum Gasteiger partial charge on any atom is 0.0309 e. The molecule has 1 aromatic rings. The minimum Gasteiger partial charge on any atom is -0.324 e. The summed E-state index contributed by atoms with van der Waals surface area (Å²) in [6.45, 7) is 11.1. The van der Waals surface area contributed by atoms with Crippen molar-refractivity contribution in [3.05, 3.63) is 34.9 Å². The normalized spacial score (nSPS) is 20.2. The first-order valence-electron chi connectivity index (χ1n) is 7.35. The Balaban J connectivity index is 1.95. The van der Waals surface area contributed by atoms with Crippen molar-refractivity contribution in [2.24, 2.45) is 5.73 Å². The third-order valence-electron chi connectivity index (χ3n) is 4.33. The number of rotatable bonds is 4. The topological polar surface area (TPSA) is 41.3 Å². The van der Waals surface area contributed by atoms with Gasteiger partial charge in [0, 0.05) is 38.3 Å². The van der Waals surface area contributed by atoms with Gasteiger partial charge in [-0.1, -0.05) is 18.2 Å². The van der Waals surface area contributed by atoms with Gasteiger partial charge in [0.05, 0.1) is 0 Å². The Hall–Kier alpha value is -0.900. The SMILES string of the molecule is Cc1ccc(C(N)CC(C)N2CCNCC2)cc1C. The van der Waals surface area contributed by atoms with Crippen LogP contribution in [0.2, 0.25) is 0 Å². The van der Waals surface area contributed by atoms with Crippen LogP contribution in [0.25, 0.3) is 0 Å². The van der Waals surface area contributed by atoms with Gasteiger partial charge < -0.3 is 11.1 Å². The number of hydrogen-bond donors (Lipinski definition) is 2. The van der Waals surface area contributed by atoms with E-state index in [-0.39, 0.29) is 6.04 Å². The predicted molar refractivity (Wildman–Crippen MR) is 81.4 cm³/mol. The van der Waals surface area contributed by atoms with Crippen LogP contribution in [0.4, 0.5) is 0 Å².